The van der Waals surface area contributed by atoms with Crippen LogP contribution in [0.15, 0.2) is 9.85 Å². The number of nitrogens with zero attached hydrogens (tertiary/aromatic N) is 2. The molecule has 0 aliphatic heterocycles. The Morgan fingerprint density at radius 3 is 2.93 bits per heavy atom. The zero-order valence-corrected chi connectivity index (χ0v) is 9.47. The first kappa shape index (κ1) is 11.9. The first-order valence-electron chi connectivity index (χ1n) is 3.98. The highest BCUT2D eigenvalue weighted by Gasteiger charge is 2.18. The van der Waals surface area contributed by atoms with Gasteiger partial charge >= 0.3 is 5.97 Å². The van der Waals surface area contributed by atoms with Gasteiger partial charge in [0.05, 0.1) is 0 Å². The lowest BCUT2D eigenvalue weighted by atomic mass is 10.3. The van der Waals surface area contributed by atoms with Crippen LogP contribution in [-0.2, 0) is 9.59 Å². The third kappa shape index (κ3) is 4.26. The summed E-state index contributed by atoms with van der Waals surface area (Å²) in [5.74, 6) is -1.17. The zero-order chi connectivity index (χ0) is 11.3. The largest absolute Gasteiger partial charge is 0.480 e. The quantitative estimate of drug-likeness (QED) is 0.723. The number of carbonyl (C=O) groups excluding carboxylic acids is 1. The van der Waals surface area contributed by atoms with Crippen molar-refractivity contribution in [2.75, 3.05) is 5.75 Å². The summed E-state index contributed by atoms with van der Waals surface area (Å²) in [6, 6.07) is -0.892. The van der Waals surface area contributed by atoms with Crippen molar-refractivity contribution in [3.05, 3.63) is 5.51 Å². The third-order valence-corrected chi connectivity index (χ3v) is 3.34. The molecule has 0 unspecified atom stereocenters. The van der Waals surface area contributed by atoms with Crippen molar-refractivity contribution in [3.63, 3.8) is 0 Å². The van der Waals surface area contributed by atoms with Crippen LogP contribution in [0.5, 0.6) is 0 Å². The fourth-order valence-electron chi connectivity index (χ4n) is 0.801. The second kappa shape index (κ2) is 5.66. The van der Waals surface area contributed by atoms with E-state index in [2.05, 4.69) is 15.5 Å². The molecule has 8 heteroatoms. The maximum absolute atomic E-state index is 10.7. The molecular weight excluding hydrogens is 238 g/mol. The Balaban J connectivity index is 2.45. The van der Waals surface area contributed by atoms with E-state index in [-0.39, 0.29) is 11.7 Å². The number of carboxylic acid groups (broad SMARTS) is 1. The molecule has 1 atom stereocenters. The van der Waals surface area contributed by atoms with E-state index < -0.39 is 12.0 Å². The molecule has 1 aromatic rings. The molecular formula is C7H9N3O3S2. The second-order valence-corrected chi connectivity index (χ2v) is 4.71. The van der Waals surface area contributed by atoms with E-state index >= 15 is 0 Å². The minimum absolute atomic E-state index is 0.240. The van der Waals surface area contributed by atoms with Crippen LogP contribution >= 0.6 is 23.1 Å². The normalized spacial score (nSPS) is 12.1. The van der Waals surface area contributed by atoms with Crippen molar-refractivity contribution in [2.24, 2.45) is 0 Å². The van der Waals surface area contributed by atoms with Crippen LogP contribution in [0.25, 0.3) is 0 Å². The Morgan fingerprint density at radius 2 is 2.47 bits per heavy atom. The third-order valence-electron chi connectivity index (χ3n) is 1.39. The summed E-state index contributed by atoms with van der Waals surface area (Å²) in [6.07, 6.45) is 0. The summed E-state index contributed by atoms with van der Waals surface area (Å²) < 4.78 is 0.687. The van der Waals surface area contributed by atoms with Crippen molar-refractivity contribution < 1.29 is 14.7 Å². The van der Waals surface area contributed by atoms with Gasteiger partial charge < -0.3 is 10.4 Å². The zero-order valence-electron chi connectivity index (χ0n) is 7.84. The molecule has 0 saturated heterocycles. The summed E-state index contributed by atoms with van der Waals surface area (Å²) in [6.45, 7) is 1.28. The number of aromatic nitrogens is 2. The number of carbonyl (C=O) groups is 2. The molecule has 0 aliphatic rings. The first-order valence-corrected chi connectivity index (χ1v) is 5.85. The Kier molecular flexibility index (Phi) is 4.50. The highest BCUT2D eigenvalue weighted by molar-refractivity contribution is 8.01. The van der Waals surface area contributed by atoms with Crippen LogP contribution in [-0.4, -0.2) is 39.0 Å². The van der Waals surface area contributed by atoms with Gasteiger partial charge in [-0.15, -0.1) is 10.2 Å². The van der Waals surface area contributed by atoms with Crippen molar-refractivity contribution in [1.29, 1.82) is 0 Å². The summed E-state index contributed by atoms with van der Waals surface area (Å²) in [7, 11) is 0. The number of amides is 1. The van der Waals surface area contributed by atoms with E-state index in [1.54, 1.807) is 5.51 Å². The SMILES string of the molecule is CC(=O)N[C@@H](CSc1nncs1)C(=O)O. The number of nitrogens with one attached hydrogen (secondary N) is 1. The minimum Gasteiger partial charge on any atom is -0.480 e. The standard InChI is InChI=1S/C7H9N3O3S2/c1-4(11)9-5(6(12)13)2-14-7-10-8-3-15-7/h3,5H,2H2,1H3,(H,9,11)(H,12,13)/t5-/m0/s1. The molecule has 0 spiro atoms. The van der Waals surface area contributed by atoms with Gasteiger partial charge in [0.15, 0.2) is 4.34 Å². The molecule has 0 fully saturated rings. The van der Waals surface area contributed by atoms with E-state index in [9.17, 15) is 9.59 Å². The maximum Gasteiger partial charge on any atom is 0.327 e. The predicted molar refractivity (Wildman–Crippen MR) is 55.9 cm³/mol. The van der Waals surface area contributed by atoms with E-state index in [1.807, 2.05) is 0 Å². The van der Waals surface area contributed by atoms with Crippen LogP contribution in [0.3, 0.4) is 0 Å². The lowest BCUT2D eigenvalue weighted by molar-refractivity contribution is -0.140. The van der Waals surface area contributed by atoms with Gasteiger partial charge in [0.2, 0.25) is 5.91 Å². The predicted octanol–water partition coefficient (Wildman–Crippen LogP) is 0.219. The van der Waals surface area contributed by atoms with E-state index in [0.29, 0.717) is 4.34 Å². The number of thioether (sulfide) groups is 1. The fraction of sp³-hybridized carbons (Fsp3) is 0.429. The summed E-state index contributed by atoms with van der Waals surface area (Å²) in [5, 5.41) is 18.5. The highest BCUT2D eigenvalue weighted by Crippen LogP contribution is 2.19. The van der Waals surface area contributed by atoms with E-state index in [1.165, 1.54) is 30.0 Å². The molecule has 1 aromatic heterocycles. The molecule has 82 valence electrons. The number of hydrogen-bond acceptors (Lipinski definition) is 6. The average molecular weight is 247 g/mol. The van der Waals surface area contributed by atoms with Crippen molar-refractivity contribution >= 4 is 35.0 Å². The molecule has 15 heavy (non-hydrogen) atoms. The van der Waals surface area contributed by atoms with Gasteiger partial charge in [0, 0.05) is 12.7 Å². The Labute approximate surface area is 94.1 Å². The fourth-order valence-corrected chi connectivity index (χ4v) is 2.32. The van der Waals surface area contributed by atoms with Gasteiger partial charge in [-0.05, 0) is 0 Å². The molecule has 0 radical (unpaired) electrons. The van der Waals surface area contributed by atoms with Gasteiger partial charge in [0.1, 0.15) is 11.6 Å². The van der Waals surface area contributed by atoms with Crippen LogP contribution < -0.4 is 5.32 Å². The lowest BCUT2D eigenvalue weighted by Crippen LogP contribution is -2.41. The molecule has 0 bridgehead atoms. The number of aliphatic carboxylic acids is 1. The molecule has 1 heterocycles. The van der Waals surface area contributed by atoms with Gasteiger partial charge in [-0.2, -0.15) is 0 Å². The minimum atomic E-state index is -1.05. The summed E-state index contributed by atoms with van der Waals surface area (Å²) in [4.78, 5) is 21.4. The molecule has 0 aliphatic carbocycles. The topological polar surface area (TPSA) is 92.2 Å². The molecule has 2 N–H and O–H groups in total. The number of rotatable bonds is 5. The lowest BCUT2D eigenvalue weighted by Gasteiger charge is -2.11. The van der Waals surface area contributed by atoms with E-state index in [4.69, 9.17) is 5.11 Å². The second-order valence-electron chi connectivity index (χ2n) is 2.61. The number of carboxylic acids is 1. The monoisotopic (exact) mass is 247 g/mol. The molecule has 0 aromatic carbocycles. The highest BCUT2D eigenvalue weighted by atomic mass is 32.2. The maximum atomic E-state index is 10.7. The Hall–Kier alpha value is -1.15. The van der Waals surface area contributed by atoms with Gasteiger partial charge in [-0.25, -0.2) is 4.79 Å². The van der Waals surface area contributed by atoms with Gasteiger partial charge in [-0.3, -0.25) is 4.79 Å². The van der Waals surface area contributed by atoms with Crippen LogP contribution in [0, 0.1) is 0 Å². The molecule has 6 nitrogen and oxygen atoms in total. The summed E-state index contributed by atoms with van der Waals surface area (Å²) >= 11 is 2.59. The van der Waals surface area contributed by atoms with Crippen molar-refractivity contribution in [2.45, 2.75) is 17.3 Å². The Bertz CT molecular complexity index is 341. The molecule has 0 saturated carbocycles. The molecule has 1 rings (SSSR count). The van der Waals surface area contributed by atoms with Crippen molar-refractivity contribution in [3.8, 4) is 0 Å². The van der Waals surface area contributed by atoms with E-state index in [0.717, 1.165) is 0 Å². The van der Waals surface area contributed by atoms with Crippen molar-refractivity contribution in [1.82, 2.24) is 15.5 Å². The number of hydrogen-bond donors (Lipinski definition) is 2. The smallest absolute Gasteiger partial charge is 0.327 e. The summed E-state index contributed by atoms with van der Waals surface area (Å²) in [5.41, 5.74) is 1.57. The van der Waals surface area contributed by atoms with Crippen LogP contribution in [0.2, 0.25) is 0 Å². The van der Waals surface area contributed by atoms with Gasteiger partial charge in [-0.1, -0.05) is 23.1 Å². The van der Waals surface area contributed by atoms with Crippen LogP contribution in [0.1, 0.15) is 6.92 Å². The van der Waals surface area contributed by atoms with Gasteiger partial charge in [0.25, 0.3) is 0 Å². The molecule has 1 amide bonds. The van der Waals surface area contributed by atoms with Crippen LogP contribution in [0.4, 0.5) is 0 Å². The average Bonchev–Trinajstić information content (AvgIpc) is 2.63. The Morgan fingerprint density at radius 1 is 1.73 bits per heavy atom. The first-order chi connectivity index (χ1) is 7.09.